The van der Waals surface area contributed by atoms with Crippen molar-refractivity contribution in [3.8, 4) is 0 Å². The number of carbonyl (C=O) groups excluding carboxylic acids is 1. The molecule has 3 heteroatoms. The van der Waals surface area contributed by atoms with Crippen molar-refractivity contribution >= 4 is 11.6 Å². The number of nitrogens with one attached hydrogen (secondary N) is 2. The molecule has 1 amide bonds. The number of benzene rings is 1. The van der Waals surface area contributed by atoms with Gasteiger partial charge in [-0.1, -0.05) is 31.5 Å². The van der Waals surface area contributed by atoms with E-state index in [-0.39, 0.29) is 5.91 Å². The summed E-state index contributed by atoms with van der Waals surface area (Å²) >= 11 is 0. The van der Waals surface area contributed by atoms with E-state index in [1.54, 1.807) is 0 Å². The Balaban J connectivity index is 1.74. The number of carbonyl (C=O) groups is 1. The van der Waals surface area contributed by atoms with Gasteiger partial charge >= 0.3 is 0 Å². The predicted octanol–water partition coefficient (Wildman–Crippen LogP) is 2.71. The molecule has 0 atom stereocenters. The molecule has 0 aliphatic heterocycles. The number of aryl methyl sites for hydroxylation is 1. The molecule has 1 aliphatic carbocycles. The van der Waals surface area contributed by atoms with Gasteiger partial charge in [-0.05, 0) is 36.8 Å². The molecule has 1 saturated carbocycles. The Hall–Kier alpha value is -1.35. The van der Waals surface area contributed by atoms with E-state index in [4.69, 9.17) is 0 Å². The Bertz CT molecular complexity index is 424. The number of para-hydroxylation sites is 1. The zero-order chi connectivity index (χ0) is 13.0. The van der Waals surface area contributed by atoms with Gasteiger partial charge in [0.2, 0.25) is 5.91 Å². The second-order valence-corrected chi connectivity index (χ2v) is 5.63. The van der Waals surface area contributed by atoms with E-state index in [2.05, 4.69) is 17.6 Å². The van der Waals surface area contributed by atoms with E-state index in [0.29, 0.717) is 12.0 Å². The van der Waals surface area contributed by atoms with Crippen LogP contribution in [0.5, 0.6) is 0 Å². The molecule has 0 radical (unpaired) electrons. The van der Waals surface area contributed by atoms with E-state index < -0.39 is 0 Å². The van der Waals surface area contributed by atoms with Gasteiger partial charge in [0.25, 0.3) is 0 Å². The molecule has 0 aromatic heterocycles. The van der Waals surface area contributed by atoms with Gasteiger partial charge in [-0.3, -0.25) is 4.79 Å². The standard InChI is InChI=1S/C15H22N2O/c1-12-6-3-4-7-13(12)17-14(18)10-16-11-15(2)8-5-9-15/h3-4,6-7,16H,5,8-11H2,1-2H3,(H,17,18). The molecule has 1 aliphatic rings. The van der Waals surface area contributed by atoms with Crippen LogP contribution < -0.4 is 10.6 Å². The van der Waals surface area contributed by atoms with Crippen LogP contribution in [-0.2, 0) is 4.79 Å². The molecule has 1 aromatic rings. The normalized spacial score (nSPS) is 17.0. The molecule has 0 unspecified atom stereocenters. The maximum atomic E-state index is 11.8. The van der Waals surface area contributed by atoms with Crippen LogP contribution >= 0.6 is 0 Å². The van der Waals surface area contributed by atoms with Crippen LogP contribution in [0.2, 0.25) is 0 Å². The van der Waals surface area contributed by atoms with Gasteiger partial charge in [0.15, 0.2) is 0 Å². The fourth-order valence-corrected chi connectivity index (χ4v) is 2.34. The minimum Gasteiger partial charge on any atom is -0.325 e. The second-order valence-electron chi connectivity index (χ2n) is 5.63. The maximum absolute atomic E-state index is 11.8. The lowest BCUT2D eigenvalue weighted by Gasteiger charge is -2.38. The third-order valence-corrected chi connectivity index (χ3v) is 3.82. The van der Waals surface area contributed by atoms with E-state index in [9.17, 15) is 4.79 Å². The summed E-state index contributed by atoms with van der Waals surface area (Å²) in [5.74, 6) is 0.0345. The van der Waals surface area contributed by atoms with Crippen molar-refractivity contribution in [1.82, 2.24) is 5.32 Å². The molecule has 98 valence electrons. The van der Waals surface area contributed by atoms with Crippen LogP contribution in [0.1, 0.15) is 31.7 Å². The average molecular weight is 246 g/mol. The molecule has 1 fully saturated rings. The summed E-state index contributed by atoms with van der Waals surface area (Å²) in [6.45, 7) is 5.61. The van der Waals surface area contributed by atoms with Gasteiger partial charge in [-0.15, -0.1) is 0 Å². The number of hydrogen-bond acceptors (Lipinski definition) is 2. The van der Waals surface area contributed by atoms with E-state index in [0.717, 1.165) is 17.8 Å². The summed E-state index contributed by atoms with van der Waals surface area (Å²) in [4.78, 5) is 11.8. The van der Waals surface area contributed by atoms with Crippen molar-refractivity contribution in [3.05, 3.63) is 29.8 Å². The molecule has 0 saturated heterocycles. The first-order valence-electron chi connectivity index (χ1n) is 6.65. The van der Waals surface area contributed by atoms with Crippen molar-refractivity contribution in [2.45, 2.75) is 33.1 Å². The van der Waals surface area contributed by atoms with Crippen molar-refractivity contribution in [2.75, 3.05) is 18.4 Å². The molecular formula is C15H22N2O. The SMILES string of the molecule is Cc1ccccc1NC(=O)CNCC1(C)CCC1. The molecule has 0 heterocycles. The van der Waals surface area contributed by atoms with Gasteiger partial charge < -0.3 is 10.6 Å². The molecule has 0 bridgehead atoms. The van der Waals surface area contributed by atoms with Crippen LogP contribution in [0.15, 0.2) is 24.3 Å². The third kappa shape index (κ3) is 3.33. The smallest absolute Gasteiger partial charge is 0.238 e. The third-order valence-electron chi connectivity index (χ3n) is 3.82. The first kappa shape index (κ1) is 13.1. The Morgan fingerprint density at radius 1 is 1.33 bits per heavy atom. The van der Waals surface area contributed by atoms with Crippen molar-refractivity contribution in [1.29, 1.82) is 0 Å². The first-order valence-corrected chi connectivity index (χ1v) is 6.65. The van der Waals surface area contributed by atoms with Gasteiger partial charge in [0.1, 0.15) is 0 Å². The summed E-state index contributed by atoms with van der Waals surface area (Å²) in [6.07, 6.45) is 3.88. The van der Waals surface area contributed by atoms with Crippen molar-refractivity contribution in [3.63, 3.8) is 0 Å². The lowest BCUT2D eigenvalue weighted by atomic mass is 9.70. The van der Waals surface area contributed by atoms with E-state index in [1.165, 1.54) is 19.3 Å². The number of rotatable bonds is 5. The molecular weight excluding hydrogens is 224 g/mol. The summed E-state index contributed by atoms with van der Waals surface area (Å²) in [5.41, 5.74) is 2.42. The molecule has 3 nitrogen and oxygen atoms in total. The lowest BCUT2D eigenvalue weighted by Crippen LogP contribution is -2.40. The fraction of sp³-hybridized carbons (Fsp3) is 0.533. The van der Waals surface area contributed by atoms with Gasteiger partial charge in [0, 0.05) is 12.2 Å². The zero-order valence-electron chi connectivity index (χ0n) is 11.3. The highest BCUT2D eigenvalue weighted by molar-refractivity contribution is 5.92. The summed E-state index contributed by atoms with van der Waals surface area (Å²) in [6, 6.07) is 7.84. The Morgan fingerprint density at radius 2 is 2.06 bits per heavy atom. The summed E-state index contributed by atoms with van der Waals surface area (Å²) in [5, 5.41) is 6.19. The molecule has 18 heavy (non-hydrogen) atoms. The largest absolute Gasteiger partial charge is 0.325 e. The maximum Gasteiger partial charge on any atom is 0.238 e. The average Bonchev–Trinajstić information content (AvgIpc) is 2.30. The highest BCUT2D eigenvalue weighted by Gasteiger charge is 2.31. The quantitative estimate of drug-likeness (QED) is 0.838. The summed E-state index contributed by atoms with van der Waals surface area (Å²) in [7, 11) is 0. The first-order chi connectivity index (χ1) is 8.59. The van der Waals surface area contributed by atoms with Crippen LogP contribution in [0.3, 0.4) is 0 Å². The minimum absolute atomic E-state index is 0.0345. The number of anilines is 1. The van der Waals surface area contributed by atoms with Crippen molar-refractivity contribution < 1.29 is 4.79 Å². The molecule has 1 aromatic carbocycles. The van der Waals surface area contributed by atoms with Gasteiger partial charge in [-0.25, -0.2) is 0 Å². The number of hydrogen-bond donors (Lipinski definition) is 2. The van der Waals surface area contributed by atoms with E-state index >= 15 is 0 Å². The Labute approximate surface area is 109 Å². The second kappa shape index (κ2) is 5.53. The van der Waals surface area contributed by atoms with Crippen LogP contribution in [-0.4, -0.2) is 19.0 Å². The summed E-state index contributed by atoms with van der Waals surface area (Å²) < 4.78 is 0. The molecule has 2 rings (SSSR count). The zero-order valence-corrected chi connectivity index (χ0v) is 11.3. The van der Waals surface area contributed by atoms with Gasteiger partial charge in [0.05, 0.1) is 6.54 Å². The topological polar surface area (TPSA) is 41.1 Å². The predicted molar refractivity (Wildman–Crippen MR) is 74.6 cm³/mol. The lowest BCUT2D eigenvalue weighted by molar-refractivity contribution is -0.115. The number of amides is 1. The highest BCUT2D eigenvalue weighted by Crippen LogP contribution is 2.39. The monoisotopic (exact) mass is 246 g/mol. The fourth-order valence-electron chi connectivity index (χ4n) is 2.34. The highest BCUT2D eigenvalue weighted by atomic mass is 16.1. The van der Waals surface area contributed by atoms with Crippen LogP contribution in [0.4, 0.5) is 5.69 Å². The molecule has 0 spiro atoms. The minimum atomic E-state index is 0.0345. The van der Waals surface area contributed by atoms with Gasteiger partial charge in [-0.2, -0.15) is 0 Å². The van der Waals surface area contributed by atoms with Crippen LogP contribution in [0, 0.1) is 12.3 Å². The Kier molecular flexibility index (Phi) is 4.02. The molecule has 2 N–H and O–H groups in total. The van der Waals surface area contributed by atoms with Crippen LogP contribution in [0.25, 0.3) is 0 Å². The van der Waals surface area contributed by atoms with Crippen molar-refractivity contribution in [2.24, 2.45) is 5.41 Å². The Morgan fingerprint density at radius 3 is 2.67 bits per heavy atom. The van der Waals surface area contributed by atoms with E-state index in [1.807, 2.05) is 31.2 Å².